The summed E-state index contributed by atoms with van der Waals surface area (Å²) in [7, 11) is 0. The third-order valence-electron chi connectivity index (χ3n) is 2.86. The molecule has 0 saturated carbocycles. The zero-order chi connectivity index (χ0) is 14.5. The van der Waals surface area contributed by atoms with Crippen molar-refractivity contribution in [3.05, 3.63) is 47.9 Å². The lowest BCUT2D eigenvalue weighted by atomic mass is 10.2. The SMILES string of the molecule is Cc1ccc(OC(C)C(=O)NCc2ccco2)c(N)c1. The Balaban J connectivity index is 1.90. The highest BCUT2D eigenvalue weighted by Crippen LogP contribution is 2.23. The minimum absolute atomic E-state index is 0.221. The van der Waals surface area contributed by atoms with E-state index in [0.717, 1.165) is 5.56 Å². The molecule has 0 radical (unpaired) electrons. The molecule has 1 amide bonds. The predicted octanol–water partition coefficient (Wildman–Crippen LogP) is 2.25. The predicted molar refractivity (Wildman–Crippen MR) is 76.2 cm³/mol. The standard InChI is InChI=1S/C15H18N2O3/c1-10-5-6-14(13(16)8-10)20-11(2)15(18)17-9-12-4-3-7-19-12/h3-8,11H,9,16H2,1-2H3,(H,17,18). The van der Waals surface area contributed by atoms with E-state index in [1.807, 2.05) is 19.1 Å². The Morgan fingerprint density at radius 3 is 2.90 bits per heavy atom. The molecule has 0 aliphatic carbocycles. The van der Waals surface area contributed by atoms with Crippen LogP contribution < -0.4 is 15.8 Å². The fourth-order valence-corrected chi connectivity index (χ4v) is 1.75. The van der Waals surface area contributed by atoms with Crippen molar-refractivity contribution in [1.82, 2.24) is 5.32 Å². The quantitative estimate of drug-likeness (QED) is 0.820. The lowest BCUT2D eigenvalue weighted by molar-refractivity contribution is -0.127. The summed E-state index contributed by atoms with van der Waals surface area (Å²) < 4.78 is 10.7. The molecule has 1 aromatic carbocycles. The van der Waals surface area contributed by atoms with Crippen molar-refractivity contribution in [3.63, 3.8) is 0 Å². The van der Waals surface area contributed by atoms with E-state index >= 15 is 0 Å². The van der Waals surface area contributed by atoms with Gasteiger partial charge in [0.15, 0.2) is 6.10 Å². The van der Waals surface area contributed by atoms with Crippen molar-refractivity contribution < 1.29 is 13.9 Å². The third kappa shape index (κ3) is 3.54. The fraction of sp³-hybridized carbons (Fsp3) is 0.267. The summed E-state index contributed by atoms with van der Waals surface area (Å²) in [5.41, 5.74) is 7.42. The number of hydrogen-bond donors (Lipinski definition) is 2. The molecule has 2 aromatic rings. The van der Waals surface area contributed by atoms with Crippen LogP contribution in [0.25, 0.3) is 0 Å². The van der Waals surface area contributed by atoms with Gasteiger partial charge in [-0.05, 0) is 43.7 Å². The Bertz CT molecular complexity index is 579. The summed E-state index contributed by atoms with van der Waals surface area (Å²) in [5, 5.41) is 2.74. The van der Waals surface area contributed by atoms with Gasteiger partial charge in [-0.3, -0.25) is 4.79 Å². The molecule has 20 heavy (non-hydrogen) atoms. The number of furan rings is 1. The molecule has 0 fully saturated rings. The number of carbonyl (C=O) groups is 1. The van der Waals surface area contributed by atoms with E-state index in [1.165, 1.54) is 0 Å². The van der Waals surface area contributed by atoms with Crippen LogP contribution in [-0.2, 0) is 11.3 Å². The van der Waals surface area contributed by atoms with Gasteiger partial charge in [0.05, 0.1) is 18.5 Å². The van der Waals surface area contributed by atoms with E-state index in [0.29, 0.717) is 23.7 Å². The van der Waals surface area contributed by atoms with E-state index < -0.39 is 6.10 Å². The van der Waals surface area contributed by atoms with E-state index in [1.54, 1.807) is 31.4 Å². The van der Waals surface area contributed by atoms with Gasteiger partial charge in [0.2, 0.25) is 0 Å². The maximum Gasteiger partial charge on any atom is 0.261 e. The van der Waals surface area contributed by atoms with Gasteiger partial charge in [0.25, 0.3) is 5.91 Å². The highest BCUT2D eigenvalue weighted by molar-refractivity contribution is 5.80. The molecule has 5 heteroatoms. The van der Waals surface area contributed by atoms with Crippen LogP contribution in [0.2, 0.25) is 0 Å². The number of nitrogens with one attached hydrogen (secondary N) is 1. The molecule has 3 N–H and O–H groups in total. The second-order valence-electron chi connectivity index (χ2n) is 4.60. The molecular formula is C15H18N2O3. The van der Waals surface area contributed by atoms with Gasteiger partial charge in [-0.1, -0.05) is 6.07 Å². The minimum atomic E-state index is -0.630. The number of nitrogen functional groups attached to an aromatic ring is 1. The van der Waals surface area contributed by atoms with Crippen molar-refractivity contribution in [3.8, 4) is 5.75 Å². The van der Waals surface area contributed by atoms with Crippen molar-refractivity contribution in [2.24, 2.45) is 0 Å². The molecule has 0 aliphatic rings. The van der Waals surface area contributed by atoms with Crippen LogP contribution in [-0.4, -0.2) is 12.0 Å². The number of aryl methyl sites for hydroxylation is 1. The molecule has 106 valence electrons. The number of rotatable bonds is 5. The highest BCUT2D eigenvalue weighted by Gasteiger charge is 2.15. The van der Waals surface area contributed by atoms with Crippen molar-refractivity contribution in [2.75, 3.05) is 5.73 Å². The molecule has 1 aromatic heterocycles. The topological polar surface area (TPSA) is 77.5 Å². The summed E-state index contributed by atoms with van der Waals surface area (Å²) in [4.78, 5) is 11.9. The molecule has 0 saturated heterocycles. The number of benzene rings is 1. The second kappa shape index (κ2) is 6.14. The first kappa shape index (κ1) is 14.0. The molecule has 1 atom stereocenters. The van der Waals surface area contributed by atoms with Crippen LogP contribution in [0, 0.1) is 6.92 Å². The van der Waals surface area contributed by atoms with Crippen LogP contribution in [0.15, 0.2) is 41.0 Å². The molecule has 0 aliphatic heterocycles. The average molecular weight is 274 g/mol. The normalized spacial score (nSPS) is 11.9. The average Bonchev–Trinajstić information content (AvgIpc) is 2.92. The molecule has 1 unspecified atom stereocenters. The van der Waals surface area contributed by atoms with E-state index in [-0.39, 0.29) is 5.91 Å². The first-order chi connectivity index (χ1) is 9.56. The van der Waals surface area contributed by atoms with Gasteiger partial charge >= 0.3 is 0 Å². The highest BCUT2D eigenvalue weighted by atomic mass is 16.5. The molecule has 1 heterocycles. The van der Waals surface area contributed by atoms with Gasteiger partial charge in [-0.2, -0.15) is 0 Å². The maximum atomic E-state index is 11.9. The summed E-state index contributed by atoms with van der Waals surface area (Å²) in [6.07, 6.45) is 0.934. The number of ether oxygens (including phenoxy) is 1. The molecule has 5 nitrogen and oxygen atoms in total. The largest absolute Gasteiger partial charge is 0.479 e. The Labute approximate surface area is 117 Å². The fourth-order valence-electron chi connectivity index (χ4n) is 1.75. The monoisotopic (exact) mass is 274 g/mol. The number of anilines is 1. The third-order valence-corrected chi connectivity index (χ3v) is 2.86. The van der Waals surface area contributed by atoms with E-state index in [2.05, 4.69) is 5.32 Å². The van der Waals surface area contributed by atoms with Crippen LogP contribution in [0.4, 0.5) is 5.69 Å². The lowest BCUT2D eigenvalue weighted by Gasteiger charge is -2.16. The van der Waals surface area contributed by atoms with Gasteiger partial charge in [0, 0.05) is 0 Å². The van der Waals surface area contributed by atoms with Crippen LogP contribution in [0.3, 0.4) is 0 Å². The van der Waals surface area contributed by atoms with E-state index in [9.17, 15) is 4.79 Å². The Kier molecular flexibility index (Phi) is 4.30. The smallest absolute Gasteiger partial charge is 0.261 e. The number of carbonyl (C=O) groups excluding carboxylic acids is 1. The Morgan fingerprint density at radius 2 is 2.25 bits per heavy atom. The van der Waals surface area contributed by atoms with Crippen LogP contribution >= 0.6 is 0 Å². The number of amides is 1. The molecule has 0 spiro atoms. The summed E-state index contributed by atoms with van der Waals surface area (Å²) in [6, 6.07) is 9.03. The number of nitrogens with two attached hydrogens (primary N) is 1. The van der Waals surface area contributed by atoms with Crippen molar-refractivity contribution >= 4 is 11.6 Å². The van der Waals surface area contributed by atoms with Crippen molar-refractivity contribution in [1.29, 1.82) is 0 Å². The molecular weight excluding hydrogens is 256 g/mol. The molecule has 2 rings (SSSR count). The Morgan fingerprint density at radius 1 is 1.45 bits per heavy atom. The summed E-state index contributed by atoms with van der Waals surface area (Å²) in [5.74, 6) is 0.984. The van der Waals surface area contributed by atoms with Gasteiger partial charge in [-0.15, -0.1) is 0 Å². The Hall–Kier alpha value is -2.43. The van der Waals surface area contributed by atoms with Gasteiger partial charge in [0.1, 0.15) is 11.5 Å². The maximum absolute atomic E-state index is 11.9. The lowest BCUT2D eigenvalue weighted by Crippen LogP contribution is -2.35. The van der Waals surface area contributed by atoms with Gasteiger partial charge < -0.3 is 20.2 Å². The number of hydrogen-bond acceptors (Lipinski definition) is 4. The minimum Gasteiger partial charge on any atom is -0.479 e. The summed E-state index contributed by atoms with van der Waals surface area (Å²) in [6.45, 7) is 3.96. The molecule has 0 bridgehead atoms. The van der Waals surface area contributed by atoms with Crippen LogP contribution in [0.5, 0.6) is 5.75 Å². The second-order valence-corrected chi connectivity index (χ2v) is 4.60. The van der Waals surface area contributed by atoms with Gasteiger partial charge in [-0.25, -0.2) is 0 Å². The zero-order valence-corrected chi connectivity index (χ0v) is 11.6. The first-order valence-corrected chi connectivity index (χ1v) is 6.39. The van der Waals surface area contributed by atoms with Crippen LogP contribution in [0.1, 0.15) is 18.2 Å². The summed E-state index contributed by atoms with van der Waals surface area (Å²) >= 11 is 0. The van der Waals surface area contributed by atoms with Crippen molar-refractivity contribution in [2.45, 2.75) is 26.5 Å². The zero-order valence-electron chi connectivity index (χ0n) is 11.6. The first-order valence-electron chi connectivity index (χ1n) is 6.39. The van der Waals surface area contributed by atoms with E-state index in [4.69, 9.17) is 14.9 Å².